The summed E-state index contributed by atoms with van der Waals surface area (Å²) in [7, 11) is 0. The molecule has 0 spiro atoms. The molecule has 0 unspecified atom stereocenters. The van der Waals surface area contributed by atoms with E-state index in [2.05, 4.69) is 0 Å². The van der Waals surface area contributed by atoms with Gasteiger partial charge in [-0.2, -0.15) is 0 Å². The van der Waals surface area contributed by atoms with Crippen molar-refractivity contribution in [3.63, 3.8) is 0 Å². The first-order chi connectivity index (χ1) is 8.56. The van der Waals surface area contributed by atoms with Gasteiger partial charge in [-0.15, -0.1) is 11.3 Å². The average molecular weight is 267 g/mol. The van der Waals surface area contributed by atoms with Crippen molar-refractivity contribution in [2.24, 2.45) is 5.92 Å². The van der Waals surface area contributed by atoms with Gasteiger partial charge in [-0.1, -0.05) is 0 Å². The highest BCUT2D eigenvalue weighted by Gasteiger charge is 2.25. The molecule has 1 aliphatic rings. The van der Waals surface area contributed by atoms with Crippen molar-refractivity contribution in [2.45, 2.75) is 26.2 Å². The number of hydrogen-bond acceptors (Lipinski definition) is 3. The van der Waals surface area contributed by atoms with Crippen LogP contribution in [0.15, 0.2) is 11.4 Å². The van der Waals surface area contributed by atoms with Crippen LogP contribution in [-0.4, -0.2) is 35.0 Å². The van der Waals surface area contributed by atoms with Crippen LogP contribution in [0, 0.1) is 12.8 Å². The van der Waals surface area contributed by atoms with E-state index < -0.39 is 5.97 Å². The molecule has 0 atom stereocenters. The van der Waals surface area contributed by atoms with Gasteiger partial charge >= 0.3 is 5.97 Å². The Hall–Kier alpha value is -1.36. The number of carboxylic acid groups (broad SMARTS) is 1. The Labute approximate surface area is 110 Å². The van der Waals surface area contributed by atoms with E-state index in [1.807, 2.05) is 23.3 Å². The van der Waals surface area contributed by atoms with Crippen LogP contribution >= 0.6 is 11.3 Å². The number of aliphatic carboxylic acids is 1. The molecule has 1 N–H and O–H groups in total. The maximum Gasteiger partial charge on any atom is 0.303 e. The fraction of sp³-hybridized carbons (Fsp3) is 0.538. The number of carboxylic acids is 1. The van der Waals surface area contributed by atoms with E-state index in [9.17, 15) is 9.59 Å². The summed E-state index contributed by atoms with van der Waals surface area (Å²) in [4.78, 5) is 25.4. The summed E-state index contributed by atoms with van der Waals surface area (Å²) in [6.07, 6.45) is 1.81. The fourth-order valence-corrected chi connectivity index (χ4v) is 3.15. The molecule has 5 heteroatoms. The van der Waals surface area contributed by atoms with Crippen LogP contribution in [0.3, 0.4) is 0 Å². The van der Waals surface area contributed by atoms with Gasteiger partial charge in [0.15, 0.2) is 0 Å². The third kappa shape index (κ3) is 3.10. The molecule has 1 aromatic rings. The predicted molar refractivity (Wildman–Crippen MR) is 69.9 cm³/mol. The summed E-state index contributed by atoms with van der Waals surface area (Å²) in [5, 5.41) is 10.7. The predicted octanol–water partition coefficient (Wildman–Crippen LogP) is 2.38. The van der Waals surface area contributed by atoms with Crippen LogP contribution < -0.4 is 0 Å². The van der Waals surface area contributed by atoms with Gasteiger partial charge in [0, 0.05) is 19.5 Å². The first kappa shape index (κ1) is 13.1. The maximum atomic E-state index is 12.2. The zero-order valence-electron chi connectivity index (χ0n) is 10.4. The molecule has 0 aromatic carbocycles. The maximum absolute atomic E-state index is 12.2. The summed E-state index contributed by atoms with van der Waals surface area (Å²) in [6, 6.07) is 1.91. The normalized spacial score (nSPS) is 16.8. The molecular formula is C13H17NO3S. The number of piperidine rings is 1. The molecule has 18 heavy (non-hydrogen) atoms. The van der Waals surface area contributed by atoms with Gasteiger partial charge in [-0.25, -0.2) is 0 Å². The number of rotatable bonds is 3. The molecule has 98 valence electrons. The zero-order chi connectivity index (χ0) is 13.1. The Bertz CT molecular complexity index is 447. The molecule has 0 radical (unpaired) electrons. The van der Waals surface area contributed by atoms with Crippen LogP contribution in [0.25, 0.3) is 0 Å². The van der Waals surface area contributed by atoms with E-state index in [0.29, 0.717) is 13.1 Å². The van der Waals surface area contributed by atoms with Crippen LogP contribution in [0.2, 0.25) is 0 Å². The molecular weight excluding hydrogens is 250 g/mol. The van der Waals surface area contributed by atoms with Crippen molar-refractivity contribution in [3.8, 4) is 0 Å². The highest BCUT2D eigenvalue weighted by Crippen LogP contribution is 2.23. The Morgan fingerprint density at radius 1 is 1.44 bits per heavy atom. The van der Waals surface area contributed by atoms with E-state index in [4.69, 9.17) is 5.11 Å². The number of likely N-dealkylation sites (tertiary alicyclic amines) is 1. The number of nitrogens with zero attached hydrogens (tertiary/aromatic N) is 1. The van der Waals surface area contributed by atoms with E-state index in [0.717, 1.165) is 23.3 Å². The first-order valence-electron chi connectivity index (χ1n) is 6.12. The van der Waals surface area contributed by atoms with Gasteiger partial charge in [-0.05, 0) is 42.7 Å². The molecule has 2 rings (SSSR count). The lowest BCUT2D eigenvalue weighted by atomic mass is 9.93. The second-order valence-electron chi connectivity index (χ2n) is 4.82. The summed E-state index contributed by atoms with van der Waals surface area (Å²) in [5.41, 5.74) is 1.11. The van der Waals surface area contributed by atoms with Crippen LogP contribution in [-0.2, 0) is 4.79 Å². The average Bonchev–Trinajstić information content (AvgIpc) is 2.75. The molecule has 1 aromatic heterocycles. The van der Waals surface area contributed by atoms with Gasteiger partial charge in [0.2, 0.25) is 0 Å². The van der Waals surface area contributed by atoms with Crippen molar-refractivity contribution >= 4 is 23.2 Å². The minimum atomic E-state index is -0.742. The molecule has 0 bridgehead atoms. The van der Waals surface area contributed by atoms with Gasteiger partial charge in [0.25, 0.3) is 5.91 Å². The summed E-state index contributed by atoms with van der Waals surface area (Å²) >= 11 is 1.48. The lowest BCUT2D eigenvalue weighted by Crippen LogP contribution is -2.38. The number of amides is 1. The zero-order valence-corrected chi connectivity index (χ0v) is 11.2. The summed E-state index contributed by atoms with van der Waals surface area (Å²) in [5.74, 6) is -0.438. The van der Waals surface area contributed by atoms with Crippen LogP contribution in [0.5, 0.6) is 0 Å². The number of aryl methyl sites for hydroxylation is 1. The monoisotopic (exact) mass is 267 g/mol. The Kier molecular flexibility index (Phi) is 4.01. The summed E-state index contributed by atoms with van der Waals surface area (Å²) in [6.45, 7) is 3.33. The molecule has 1 saturated heterocycles. The number of hydrogen-bond donors (Lipinski definition) is 1. The fourth-order valence-electron chi connectivity index (χ4n) is 2.29. The van der Waals surface area contributed by atoms with E-state index >= 15 is 0 Å². The highest BCUT2D eigenvalue weighted by atomic mass is 32.1. The Balaban J connectivity index is 1.90. The van der Waals surface area contributed by atoms with Gasteiger partial charge < -0.3 is 10.0 Å². The molecule has 1 fully saturated rings. The quantitative estimate of drug-likeness (QED) is 0.914. The third-order valence-corrected chi connectivity index (χ3v) is 4.34. The Morgan fingerprint density at radius 2 is 2.11 bits per heavy atom. The number of carbonyl (C=O) groups excluding carboxylic acids is 1. The smallest absolute Gasteiger partial charge is 0.303 e. The molecule has 0 saturated carbocycles. The highest BCUT2D eigenvalue weighted by molar-refractivity contribution is 7.12. The van der Waals surface area contributed by atoms with Crippen molar-refractivity contribution in [1.82, 2.24) is 4.90 Å². The minimum absolute atomic E-state index is 0.0851. The molecule has 1 amide bonds. The Morgan fingerprint density at radius 3 is 2.61 bits per heavy atom. The van der Waals surface area contributed by atoms with E-state index in [1.165, 1.54) is 11.3 Å². The van der Waals surface area contributed by atoms with Crippen LogP contribution in [0.1, 0.15) is 34.5 Å². The lowest BCUT2D eigenvalue weighted by molar-refractivity contribution is -0.138. The van der Waals surface area contributed by atoms with Crippen molar-refractivity contribution in [3.05, 3.63) is 21.9 Å². The SMILES string of the molecule is Cc1csc(C(=O)N2CCC(CC(=O)O)CC2)c1. The third-order valence-electron chi connectivity index (χ3n) is 3.31. The number of carbonyl (C=O) groups is 2. The minimum Gasteiger partial charge on any atom is -0.481 e. The van der Waals surface area contributed by atoms with Crippen molar-refractivity contribution in [1.29, 1.82) is 0 Å². The number of thiophene rings is 1. The second kappa shape index (κ2) is 5.52. The molecule has 0 aliphatic carbocycles. The van der Waals surface area contributed by atoms with Gasteiger partial charge in [0.1, 0.15) is 0 Å². The topological polar surface area (TPSA) is 57.6 Å². The molecule has 4 nitrogen and oxygen atoms in total. The van der Waals surface area contributed by atoms with E-state index in [-0.39, 0.29) is 18.2 Å². The van der Waals surface area contributed by atoms with Crippen LogP contribution in [0.4, 0.5) is 0 Å². The first-order valence-corrected chi connectivity index (χ1v) is 7.00. The lowest BCUT2D eigenvalue weighted by Gasteiger charge is -2.31. The molecule has 1 aliphatic heterocycles. The van der Waals surface area contributed by atoms with Crippen molar-refractivity contribution < 1.29 is 14.7 Å². The standard InChI is InChI=1S/C13H17NO3S/c1-9-6-11(18-8-9)13(17)14-4-2-10(3-5-14)7-12(15)16/h6,8,10H,2-5,7H2,1H3,(H,15,16). The van der Waals surface area contributed by atoms with Gasteiger partial charge in [-0.3, -0.25) is 9.59 Å². The van der Waals surface area contributed by atoms with E-state index in [1.54, 1.807) is 0 Å². The second-order valence-corrected chi connectivity index (χ2v) is 5.73. The summed E-state index contributed by atoms with van der Waals surface area (Å²) < 4.78 is 0. The van der Waals surface area contributed by atoms with Gasteiger partial charge in [0.05, 0.1) is 4.88 Å². The largest absolute Gasteiger partial charge is 0.481 e. The molecule has 2 heterocycles. The van der Waals surface area contributed by atoms with Crippen molar-refractivity contribution in [2.75, 3.05) is 13.1 Å².